The Hall–Kier alpha value is -3.14. The number of rotatable bonds is 11. The first-order valence-electron chi connectivity index (χ1n) is 15.0. The largest absolute Gasteiger partial charge is 0.372 e. The molecule has 1 aromatic heterocycles. The van der Waals surface area contributed by atoms with Gasteiger partial charge < -0.3 is 14.0 Å². The van der Waals surface area contributed by atoms with E-state index in [1.165, 1.54) is 11.1 Å². The molecule has 0 atom stereocenters. The number of fused-ring (bicyclic) bond motifs is 1. The summed E-state index contributed by atoms with van der Waals surface area (Å²) in [5.41, 5.74) is 6.29. The van der Waals surface area contributed by atoms with Crippen molar-refractivity contribution in [3.8, 4) is 11.1 Å². The lowest BCUT2D eigenvalue weighted by molar-refractivity contribution is -0.131. The van der Waals surface area contributed by atoms with Gasteiger partial charge in [-0.25, -0.2) is 0 Å². The molecule has 1 amide bonds. The number of ether oxygens (including phenoxy) is 2. The highest BCUT2D eigenvalue weighted by atomic mass is 32.2. The molecule has 1 fully saturated rings. The van der Waals surface area contributed by atoms with Gasteiger partial charge in [0, 0.05) is 24.0 Å². The third-order valence-corrected chi connectivity index (χ3v) is 9.88. The zero-order chi connectivity index (χ0) is 29.3. The van der Waals surface area contributed by atoms with E-state index in [9.17, 15) is 4.79 Å². The van der Waals surface area contributed by atoms with Crippen LogP contribution >= 0.6 is 11.9 Å². The number of aliphatic imine (C=N–C) groups is 1. The number of amidine groups is 1. The molecule has 2 aliphatic heterocycles. The maximum Gasteiger partial charge on any atom is 0.256 e. The van der Waals surface area contributed by atoms with Crippen molar-refractivity contribution < 1.29 is 18.8 Å². The molecular formula is C33H40N4O4S. The van der Waals surface area contributed by atoms with Crippen LogP contribution in [-0.2, 0) is 34.0 Å². The highest BCUT2D eigenvalue weighted by molar-refractivity contribution is 8.00. The number of amides is 1. The van der Waals surface area contributed by atoms with E-state index in [-0.39, 0.29) is 5.91 Å². The van der Waals surface area contributed by atoms with Crippen molar-refractivity contribution in [3.63, 3.8) is 0 Å². The zero-order valence-corrected chi connectivity index (χ0v) is 25.9. The van der Waals surface area contributed by atoms with Crippen molar-refractivity contribution in [2.75, 3.05) is 18.1 Å². The Labute approximate surface area is 252 Å². The van der Waals surface area contributed by atoms with E-state index in [1.807, 2.05) is 23.1 Å². The van der Waals surface area contributed by atoms with Gasteiger partial charge in [-0.2, -0.15) is 0 Å². The van der Waals surface area contributed by atoms with E-state index < -0.39 is 5.54 Å². The summed E-state index contributed by atoms with van der Waals surface area (Å²) in [5.74, 6) is 2.72. The summed E-state index contributed by atoms with van der Waals surface area (Å²) in [5, 5.41) is 4.30. The lowest BCUT2D eigenvalue weighted by Gasteiger charge is -2.24. The number of carbonyl (C=O) groups is 1. The topological polar surface area (TPSA) is 80.4 Å². The molecule has 0 saturated heterocycles. The Morgan fingerprint density at radius 3 is 2.60 bits per heavy atom. The van der Waals surface area contributed by atoms with Gasteiger partial charge in [0.15, 0.2) is 5.82 Å². The maximum atomic E-state index is 13.8. The second kappa shape index (κ2) is 12.2. The van der Waals surface area contributed by atoms with Crippen LogP contribution in [0.1, 0.15) is 79.9 Å². The third-order valence-electron chi connectivity index (χ3n) is 8.83. The number of unbranched alkanes of at least 4 members (excludes halogenated alkanes) is 1. The molecule has 8 nitrogen and oxygen atoms in total. The predicted octanol–water partition coefficient (Wildman–Crippen LogP) is 7.35. The predicted molar refractivity (Wildman–Crippen MR) is 165 cm³/mol. The third kappa shape index (κ3) is 5.27. The summed E-state index contributed by atoms with van der Waals surface area (Å²) in [7, 11) is 1.68. The molecule has 222 valence electrons. The van der Waals surface area contributed by atoms with E-state index in [0.717, 1.165) is 89.5 Å². The molecule has 6 rings (SSSR count). The van der Waals surface area contributed by atoms with Gasteiger partial charge >= 0.3 is 0 Å². The fourth-order valence-corrected chi connectivity index (χ4v) is 7.45. The number of aromatic nitrogens is 1. The second-order valence-corrected chi connectivity index (χ2v) is 12.6. The van der Waals surface area contributed by atoms with Crippen molar-refractivity contribution in [1.82, 2.24) is 10.1 Å². The number of anilines is 1. The lowest BCUT2D eigenvalue weighted by Crippen LogP contribution is -2.40. The van der Waals surface area contributed by atoms with Gasteiger partial charge in [0.1, 0.15) is 23.9 Å². The fourth-order valence-electron chi connectivity index (χ4n) is 6.38. The number of hydrogen-bond acceptors (Lipinski definition) is 8. The van der Waals surface area contributed by atoms with Crippen LogP contribution in [0.2, 0.25) is 0 Å². The number of methoxy groups -OCH3 is 1. The van der Waals surface area contributed by atoms with Gasteiger partial charge in [0.2, 0.25) is 0 Å². The van der Waals surface area contributed by atoms with Crippen LogP contribution in [0.15, 0.2) is 50.8 Å². The SMILES string of the molecule is CCCCC1=NC2(CCCC2)C(=O)N1Cc1ccc(-c2ccccc2SN(COC)c2noc(C)c2C)c2c1COC2. The van der Waals surface area contributed by atoms with Gasteiger partial charge in [-0.1, -0.05) is 61.7 Å². The smallest absolute Gasteiger partial charge is 0.256 e. The minimum absolute atomic E-state index is 0.196. The van der Waals surface area contributed by atoms with Gasteiger partial charge in [0.25, 0.3) is 5.91 Å². The van der Waals surface area contributed by atoms with Crippen LogP contribution in [0.4, 0.5) is 5.82 Å². The molecule has 2 aromatic carbocycles. The monoisotopic (exact) mass is 588 g/mol. The Kier molecular flexibility index (Phi) is 8.43. The Morgan fingerprint density at radius 1 is 1.07 bits per heavy atom. The molecule has 0 bridgehead atoms. The highest BCUT2D eigenvalue weighted by Crippen LogP contribution is 2.43. The number of benzene rings is 2. The summed E-state index contributed by atoms with van der Waals surface area (Å²) in [6.45, 7) is 8.14. The van der Waals surface area contributed by atoms with Crippen LogP contribution in [0, 0.1) is 13.8 Å². The van der Waals surface area contributed by atoms with Gasteiger partial charge in [-0.3, -0.25) is 19.0 Å². The standard InChI is InChI=1S/C33H40N4O4S/c1-5-6-13-30-34-33(16-9-10-17-33)32(38)36(30)18-24-14-15-25(28-20-40-19-27(24)28)26-11-7-8-12-29(26)42-37(21-39-4)31-22(2)23(3)41-35-31/h7-8,11-12,14-15H,5-6,9-10,13,16-21H2,1-4H3. The first kappa shape index (κ1) is 29.0. The van der Waals surface area contributed by atoms with Crippen molar-refractivity contribution >= 4 is 29.5 Å². The van der Waals surface area contributed by atoms with Crippen molar-refractivity contribution in [2.24, 2.45) is 4.99 Å². The van der Waals surface area contributed by atoms with Gasteiger partial charge in [-0.05, 0) is 78.9 Å². The fraction of sp³-hybridized carbons (Fsp3) is 0.485. The first-order valence-corrected chi connectivity index (χ1v) is 15.8. The van der Waals surface area contributed by atoms with E-state index in [0.29, 0.717) is 26.5 Å². The second-order valence-electron chi connectivity index (χ2n) is 11.6. The van der Waals surface area contributed by atoms with Crippen LogP contribution in [0.25, 0.3) is 11.1 Å². The quantitative estimate of drug-likeness (QED) is 0.171. The van der Waals surface area contributed by atoms with Crippen molar-refractivity contribution in [1.29, 1.82) is 0 Å². The van der Waals surface area contributed by atoms with E-state index in [1.54, 1.807) is 19.1 Å². The van der Waals surface area contributed by atoms with E-state index >= 15 is 0 Å². The molecular weight excluding hydrogens is 548 g/mol. The van der Waals surface area contributed by atoms with Gasteiger partial charge in [0.05, 0.1) is 19.8 Å². The van der Waals surface area contributed by atoms with Crippen LogP contribution in [0.3, 0.4) is 0 Å². The van der Waals surface area contributed by atoms with Gasteiger partial charge in [-0.15, -0.1) is 0 Å². The first-order chi connectivity index (χ1) is 20.5. The summed E-state index contributed by atoms with van der Waals surface area (Å²) >= 11 is 1.59. The molecule has 1 aliphatic carbocycles. The highest BCUT2D eigenvalue weighted by Gasteiger charge is 2.49. The molecule has 3 aromatic rings. The van der Waals surface area contributed by atoms with E-state index in [4.69, 9.17) is 19.0 Å². The van der Waals surface area contributed by atoms with Crippen molar-refractivity contribution in [2.45, 2.75) is 95.9 Å². The molecule has 0 unspecified atom stereocenters. The minimum atomic E-state index is -0.520. The molecule has 42 heavy (non-hydrogen) atoms. The molecule has 3 heterocycles. The van der Waals surface area contributed by atoms with E-state index in [2.05, 4.69) is 48.5 Å². The summed E-state index contributed by atoms with van der Waals surface area (Å²) in [6.07, 6.45) is 6.89. The Morgan fingerprint density at radius 2 is 1.86 bits per heavy atom. The Balaban J connectivity index is 1.31. The number of carbonyl (C=O) groups excluding carboxylic acids is 1. The molecule has 1 spiro atoms. The summed E-state index contributed by atoms with van der Waals surface area (Å²) < 4.78 is 19.1. The molecule has 0 N–H and O–H groups in total. The zero-order valence-electron chi connectivity index (χ0n) is 25.1. The number of nitrogens with zero attached hydrogens (tertiary/aromatic N) is 4. The molecule has 0 radical (unpaired) electrons. The molecule has 9 heteroatoms. The van der Waals surface area contributed by atoms with Crippen LogP contribution in [0.5, 0.6) is 0 Å². The van der Waals surface area contributed by atoms with Crippen LogP contribution < -0.4 is 4.31 Å². The maximum absolute atomic E-state index is 13.8. The number of aryl methyl sites for hydroxylation is 1. The molecule has 3 aliphatic rings. The minimum Gasteiger partial charge on any atom is -0.372 e. The summed E-state index contributed by atoms with van der Waals surface area (Å²) in [6, 6.07) is 12.8. The number of hydrogen-bond donors (Lipinski definition) is 0. The summed E-state index contributed by atoms with van der Waals surface area (Å²) in [4.78, 5) is 22.0. The lowest BCUT2D eigenvalue weighted by atomic mass is 9.93. The molecule has 1 saturated carbocycles. The van der Waals surface area contributed by atoms with Crippen molar-refractivity contribution in [3.05, 3.63) is 64.4 Å². The Bertz CT molecular complexity index is 1490. The normalized spacial score (nSPS) is 17.4. The average Bonchev–Trinajstić information content (AvgIpc) is 3.79. The van der Waals surface area contributed by atoms with Crippen LogP contribution in [-0.4, -0.2) is 41.2 Å². The average molecular weight is 589 g/mol.